The topological polar surface area (TPSA) is 49.4 Å². The maximum Gasteiger partial charge on any atom is 0.249 e. The fraction of sp³-hybridized carbons (Fsp3) is 0.172. The highest BCUT2D eigenvalue weighted by Gasteiger charge is 2.25. The van der Waals surface area contributed by atoms with E-state index in [1.54, 1.807) is 11.9 Å². The molecule has 0 fully saturated rings. The third-order valence-electron chi connectivity index (χ3n) is 5.85. The monoisotopic (exact) mass is 436 g/mol. The molecule has 1 atom stereocenters. The Labute approximate surface area is 194 Å². The van der Waals surface area contributed by atoms with Gasteiger partial charge in [-0.1, -0.05) is 90.5 Å². The van der Waals surface area contributed by atoms with E-state index in [1.807, 2.05) is 97.9 Å². The molecule has 0 saturated heterocycles. The molecule has 0 unspecified atom stereocenters. The van der Waals surface area contributed by atoms with Crippen LogP contribution in [0.2, 0.25) is 0 Å². The quantitative estimate of drug-likeness (QED) is 0.439. The average Bonchev–Trinajstić information content (AvgIpc) is 2.84. The highest BCUT2D eigenvalue weighted by Crippen LogP contribution is 2.18. The summed E-state index contributed by atoms with van der Waals surface area (Å²) in [6.45, 7) is 2.01. The minimum Gasteiger partial charge on any atom is -0.344 e. The highest BCUT2D eigenvalue weighted by atomic mass is 16.2. The second-order valence-corrected chi connectivity index (χ2v) is 8.40. The standard InChI is InChI=1S/C29H28N2O2/c1-21-12-16-26(17-13-21)31(2)29(33)27(19-22-8-4-3-5-9-22)30-28(32)20-23-14-15-24-10-6-7-11-25(24)18-23/h3-18,27H,19-20H2,1-2H3,(H,30,32)/t27-/m0/s1. The second-order valence-electron chi connectivity index (χ2n) is 8.40. The molecule has 0 heterocycles. The van der Waals surface area contributed by atoms with Gasteiger partial charge in [0.05, 0.1) is 6.42 Å². The Morgan fingerprint density at radius 3 is 2.18 bits per heavy atom. The van der Waals surface area contributed by atoms with Gasteiger partial charge in [0.1, 0.15) is 6.04 Å². The molecule has 166 valence electrons. The number of carbonyl (C=O) groups excluding carboxylic acids is 2. The number of fused-ring (bicyclic) bond motifs is 1. The molecule has 4 nitrogen and oxygen atoms in total. The Kier molecular flexibility index (Phi) is 6.84. The molecule has 0 radical (unpaired) electrons. The fourth-order valence-electron chi connectivity index (χ4n) is 3.96. The van der Waals surface area contributed by atoms with Crippen molar-refractivity contribution < 1.29 is 9.59 Å². The number of amides is 2. The van der Waals surface area contributed by atoms with Crippen molar-refractivity contribution >= 4 is 28.3 Å². The van der Waals surface area contributed by atoms with Crippen LogP contribution in [0.15, 0.2) is 97.1 Å². The number of rotatable bonds is 7. The summed E-state index contributed by atoms with van der Waals surface area (Å²) < 4.78 is 0. The number of carbonyl (C=O) groups is 2. The van der Waals surface area contributed by atoms with Crippen molar-refractivity contribution in [1.29, 1.82) is 0 Å². The van der Waals surface area contributed by atoms with Crippen LogP contribution in [0, 0.1) is 6.92 Å². The van der Waals surface area contributed by atoms with E-state index in [1.165, 1.54) is 0 Å². The first kappa shape index (κ1) is 22.3. The van der Waals surface area contributed by atoms with Crippen molar-refractivity contribution in [1.82, 2.24) is 5.32 Å². The molecule has 0 spiro atoms. The van der Waals surface area contributed by atoms with Crippen LogP contribution >= 0.6 is 0 Å². The summed E-state index contributed by atoms with van der Waals surface area (Å²) in [6, 6.07) is 31.0. The van der Waals surface area contributed by atoms with E-state index in [-0.39, 0.29) is 18.2 Å². The van der Waals surface area contributed by atoms with E-state index in [2.05, 4.69) is 11.4 Å². The number of anilines is 1. The molecule has 0 aliphatic carbocycles. The van der Waals surface area contributed by atoms with Gasteiger partial charge >= 0.3 is 0 Å². The van der Waals surface area contributed by atoms with Crippen LogP contribution < -0.4 is 10.2 Å². The summed E-state index contributed by atoms with van der Waals surface area (Å²) in [5.41, 5.74) is 3.85. The molecule has 0 aliphatic rings. The summed E-state index contributed by atoms with van der Waals surface area (Å²) in [5.74, 6) is -0.313. The SMILES string of the molecule is Cc1ccc(N(C)C(=O)[C@H](Cc2ccccc2)NC(=O)Cc2ccc3ccccc3c2)cc1. The van der Waals surface area contributed by atoms with E-state index in [0.717, 1.165) is 33.2 Å². The van der Waals surface area contributed by atoms with E-state index in [0.29, 0.717) is 6.42 Å². The van der Waals surface area contributed by atoms with Gasteiger partial charge in [-0.2, -0.15) is 0 Å². The zero-order valence-electron chi connectivity index (χ0n) is 19.0. The Morgan fingerprint density at radius 1 is 0.788 bits per heavy atom. The Morgan fingerprint density at radius 2 is 1.45 bits per heavy atom. The molecule has 0 aromatic heterocycles. The fourth-order valence-corrected chi connectivity index (χ4v) is 3.96. The first-order chi connectivity index (χ1) is 16.0. The van der Waals surface area contributed by atoms with Gasteiger partial charge in [0.2, 0.25) is 11.8 Å². The number of nitrogens with one attached hydrogen (secondary N) is 1. The largest absolute Gasteiger partial charge is 0.344 e. The summed E-state index contributed by atoms with van der Waals surface area (Å²) in [6.07, 6.45) is 0.650. The highest BCUT2D eigenvalue weighted by molar-refractivity contribution is 5.99. The number of hydrogen-bond donors (Lipinski definition) is 1. The van der Waals surface area contributed by atoms with Crippen LogP contribution in [0.5, 0.6) is 0 Å². The number of benzene rings is 4. The van der Waals surface area contributed by atoms with Crippen molar-refractivity contribution in [3.63, 3.8) is 0 Å². The van der Waals surface area contributed by atoms with Crippen molar-refractivity contribution in [2.45, 2.75) is 25.8 Å². The maximum absolute atomic E-state index is 13.4. The van der Waals surface area contributed by atoms with Crippen molar-refractivity contribution in [3.05, 3.63) is 114 Å². The molecule has 2 amide bonds. The molecular weight excluding hydrogens is 408 g/mol. The van der Waals surface area contributed by atoms with Gasteiger partial charge in [-0.05, 0) is 41.0 Å². The zero-order valence-corrected chi connectivity index (χ0v) is 19.0. The number of hydrogen-bond acceptors (Lipinski definition) is 2. The van der Waals surface area contributed by atoms with Crippen molar-refractivity contribution in [3.8, 4) is 0 Å². The van der Waals surface area contributed by atoms with Crippen LogP contribution in [0.3, 0.4) is 0 Å². The molecule has 4 rings (SSSR count). The number of aryl methyl sites for hydroxylation is 1. The van der Waals surface area contributed by atoms with Crippen LogP contribution in [0.4, 0.5) is 5.69 Å². The predicted octanol–water partition coefficient (Wildman–Crippen LogP) is 5.08. The van der Waals surface area contributed by atoms with E-state index in [9.17, 15) is 9.59 Å². The molecule has 4 heteroatoms. The average molecular weight is 437 g/mol. The first-order valence-corrected chi connectivity index (χ1v) is 11.1. The summed E-state index contributed by atoms with van der Waals surface area (Å²) in [4.78, 5) is 28.0. The lowest BCUT2D eigenvalue weighted by atomic mass is 10.0. The van der Waals surface area contributed by atoms with Gasteiger partial charge < -0.3 is 10.2 Å². The molecule has 33 heavy (non-hydrogen) atoms. The van der Waals surface area contributed by atoms with E-state index >= 15 is 0 Å². The predicted molar refractivity (Wildman–Crippen MR) is 134 cm³/mol. The maximum atomic E-state index is 13.4. The first-order valence-electron chi connectivity index (χ1n) is 11.1. The van der Waals surface area contributed by atoms with Crippen LogP contribution in [-0.4, -0.2) is 24.9 Å². The molecule has 1 N–H and O–H groups in total. The minimum absolute atomic E-state index is 0.144. The third-order valence-corrected chi connectivity index (χ3v) is 5.85. The lowest BCUT2D eigenvalue weighted by molar-refractivity contribution is -0.127. The Balaban J connectivity index is 1.52. The molecule has 0 saturated carbocycles. The lowest BCUT2D eigenvalue weighted by Crippen LogP contribution is -2.49. The molecule has 4 aromatic rings. The summed E-state index contributed by atoms with van der Waals surface area (Å²) in [7, 11) is 1.75. The molecular formula is C29H28N2O2. The van der Waals surface area contributed by atoms with E-state index < -0.39 is 6.04 Å². The summed E-state index contributed by atoms with van der Waals surface area (Å²) in [5, 5.41) is 5.23. The van der Waals surface area contributed by atoms with Crippen LogP contribution in [-0.2, 0) is 22.4 Å². The molecule has 0 aliphatic heterocycles. The summed E-state index contributed by atoms with van der Waals surface area (Å²) >= 11 is 0. The number of nitrogens with zero attached hydrogens (tertiary/aromatic N) is 1. The van der Waals surface area contributed by atoms with Gasteiger partial charge in [-0.3, -0.25) is 9.59 Å². The van der Waals surface area contributed by atoms with Gasteiger partial charge in [-0.25, -0.2) is 0 Å². The van der Waals surface area contributed by atoms with Crippen molar-refractivity contribution in [2.24, 2.45) is 0 Å². The van der Waals surface area contributed by atoms with Gasteiger partial charge in [0.15, 0.2) is 0 Å². The smallest absolute Gasteiger partial charge is 0.249 e. The lowest BCUT2D eigenvalue weighted by Gasteiger charge is -2.25. The third kappa shape index (κ3) is 5.66. The normalized spacial score (nSPS) is 11.7. The van der Waals surface area contributed by atoms with Crippen molar-refractivity contribution in [2.75, 3.05) is 11.9 Å². The molecule has 4 aromatic carbocycles. The minimum atomic E-state index is -0.661. The second kappa shape index (κ2) is 10.1. The zero-order chi connectivity index (χ0) is 23.2. The van der Waals surface area contributed by atoms with E-state index in [4.69, 9.17) is 0 Å². The Hall–Kier alpha value is -3.92. The van der Waals surface area contributed by atoms with Gasteiger partial charge in [0, 0.05) is 19.2 Å². The van der Waals surface area contributed by atoms with Crippen LogP contribution in [0.25, 0.3) is 10.8 Å². The van der Waals surface area contributed by atoms with Crippen LogP contribution in [0.1, 0.15) is 16.7 Å². The Bertz CT molecular complexity index is 1250. The van der Waals surface area contributed by atoms with Gasteiger partial charge in [0.25, 0.3) is 0 Å². The number of likely N-dealkylation sites (N-methyl/N-ethyl adjacent to an activating group) is 1. The van der Waals surface area contributed by atoms with Gasteiger partial charge in [-0.15, -0.1) is 0 Å². The molecule has 0 bridgehead atoms.